The second-order valence-electron chi connectivity index (χ2n) is 6.97. The van der Waals surface area contributed by atoms with E-state index in [0.29, 0.717) is 6.61 Å². The Morgan fingerprint density at radius 2 is 1.70 bits per heavy atom. The molecule has 0 saturated carbocycles. The first kappa shape index (κ1) is 18.3. The van der Waals surface area contributed by atoms with Crippen LogP contribution in [0.2, 0.25) is 0 Å². The van der Waals surface area contributed by atoms with E-state index in [4.69, 9.17) is 18.8 Å². The van der Waals surface area contributed by atoms with Gasteiger partial charge in [-0.05, 0) is 52.7 Å². The molecule has 1 saturated heterocycles. The van der Waals surface area contributed by atoms with Crippen LogP contribution in [0.25, 0.3) is 0 Å². The maximum atomic E-state index is 6.15. The maximum Gasteiger partial charge on any atom is 0.498 e. The summed E-state index contributed by atoms with van der Waals surface area (Å²) in [6.07, 6.45) is 2.12. The van der Waals surface area contributed by atoms with Crippen molar-refractivity contribution >= 4 is 12.6 Å². The second-order valence-corrected chi connectivity index (χ2v) is 6.97. The van der Waals surface area contributed by atoms with Crippen LogP contribution in [0.5, 0.6) is 5.75 Å². The van der Waals surface area contributed by atoms with E-state index in [1.54, 1.807) is 0 Å². The van der Waals surface area contributed by atoms with Crippen LogP contribution in [-0.2, 0) is 20.5 Å². The van der Waals surface area contributed by atoms with Crippen molar-refractivity contribution in [2.24, 2.45) is 0 Å². The molecule has 0 aromatic heterocycles. The Morgan fingerprint density at radius 1 is 1.04 bits per heavy atom. The molecule has 0 atom stereocenters. The molecule has 128 valence electrons. The van der Waals surface area contributed by atoms with Crippen molar-refractivity contribution in [3.63, 3.8) is 0 Å². The van der Waals surface area contributed by atoms with E-state index in [2.05, 4.69) is 52.8 Å². The minimum absolute atomic E-state index is 0.235. The predicted octanol–water partition coefficient (Wildman–Crippen LogP) is 3.31. The fraction of sp³-hybridized carbons (Fsp3) is 0.667. The van der Waals surface area contributed by atoms with Crippen LogP contribution in [0.3, 0.4) is 0 Å². The van der Waals surface area contributed by atoms with Gasteiger partial charge in [-0.15, -0.1) is 0 Å². The minimum Gasteiger partial charge on any atom is -0.468 e. The van der Waals surface area contributed by atoms with Crippen LogP contribution in [0, 0.1) is 0 Å². The van der Waals surface area contributed by atoms with E-state index in [0.717, 1.165) is 24.1 Å². The smallest absolute Gasteiger partial charge is 0.468 e. The van der Waals surface area contributed by atoms with Gasteiger partial charge in [0.05, 0.1) is 11.2 Å². The van der Waals surface area contributed by atoms with Crippen LogP contribution in [0.1, 0.15) is 53.5 Å². The van der Waals surface area contributed by atoms with Gasteiger partial charge in [0, 0.05) is 12.1 Å². The number of ether oxygens (including phenoxy) is 2. The molecular formula is C18H29BO4. The molecule has 0 aliphatic carbocycles. The quantitative estimate of drug-likeness (QED) is 0.439. The van der Waals surface area contributed by atoms with Crippen molar-refractivity contribution in [3.8, 4) is 5.75 Å². The molecule has 1 aromatic rings. The highest BCUT2D eigenvalue weighted by Crippen LogP contribution is 2.37. The van der Waals surface area contributed by atoms with E-state index in [1.807, 2.05) is 6.92 Å². The molecule has 0 N–H and O–H groups in total. The number of aryl methyl sites for hydroxylation is 1. The molecule has 0 unspecified atom stereocenters. The zero-order valence-corrected chi connectivity index (χ0v) is 15.3. The van der Waals surface area contributed by atoms with Gasteiger partial charge in [-0.3, -0.25) is 0 Å². The molecule has 1 heterocycles. The molecule has 0 spiro atoms. The third kappa shape index (κ3) is 4.08. The van der Waals surface area contributed by atoms with Crippen LogP contribution >= 0.6 is 0 Å². The van der Waals surface area contributed by atoms with Gasteiger partial charge in [0.2, 0.25) is 0 Å². The molecule has 0 radical (unpaired) electrons. The summed E-state index contributed by atoms with van der Waals surface area (Å²) in [5, 5.41) is 0. The van der Waals surface area contributed by atoms with Gasteiger partial charge >= 0.3 is 7.12 Å². The fourth-order valence-electron chi connectivity index (χ4n) is 2.50. The molecule has 1 aliphatic heterocycles. The third-order valence-electron chi connectivity index (χ3n) is 4.63. The first-order valence-electron chi connectivity index (χ1n) is 8.49. The van der Waals surface area contributed by atoms with E-state index >= 15 is 0 Å². The molecule has 4 nitrogen and oxygen atoms in total. The van der Waals surface area contributed by atoms with Crippen LogP contribution in [0.15, 0.2) is 18.2 Å². The van der Waals surface area contributed by atoms with Gasteiger partial charge in [0.25, 0.3) is 0 Å². The Morgan fingerprint density at radius 3 is 2.26 bits per heavy atom. The molecule has 0 amide bonds. The molecular weight excluding hydrogens is 291 g/mol. The molecule has 5 heteroatoms. The lowest BCUT2D eigenvalue weighted by Crippen LogP contribution is -2.41. The molecule has 1 aliphatic rings. The first-order valence-corrected chi connectivity index (χ1v) is 8.49. The third-order valence-corrected chi connectivity index (χ3v) is 4.63. The molecule has 0 bridgehead atoms. The van der Waals surface area contributed by atoms with Gasteiger partial charge < -0.3 is 18.8 Å². The zero-order valence-electron chi connectivity index (χ0n) is 15.3. The first-order chi connectivity index (χ1) is 10.8. The molecule has 23 heavy (non-hydrogen) atoms. The van der Waals surface area contributed by atoms with E-state index in [-0.39, 0.29) is 18.0 Å². The van der Waals surface area contributed by atoms with E-state index in [9.17, 15) is 0 Å². The Hall–Kier alpha value is -1.04. The van der Waals surface area contributed by atoms with Gasteiger partial charge in [-0.25, -0.2) is 0 Å². The average Bonchev–Trinajstić information content (AvgIpc) is 2.68. The Balaban J connectivity index is 2.26. The van der Waals surface area contributed by atoms with Gasteiger partial charge in [-0.2, -0.15) is 0 Å². The number of rotatable bonds is 7. The monoisotopic (exact) mass is 320 g/mol. The predicted molar refractivity (Wildman–Crippen MR) is 93.3 cm³/mol. The van der Waals surface area contributed by atoms with Crippen molar-refractivity contribution in [1.82, 2.24) is 0 Å². The van der Waals surface area contributed by atoms with Crippen LogP contribution in [0.4, 0.5) is 0 Å². The summed E-state index contributed by atoms with van der Waals surface area (Å²) < 4.78 is 23.5. The summed E-state index contributed by atoms with van der Waals surface area (Å²) in [7, 11) is -0.424. The molecule has 1 aromatic carbocycles. The Bertz CT molecular complexity index is 512. The van der Waals surface area contributed by atoms with Gasteiger partial charge in [-0.1, -0.05) is 25.5 Å². The van der Waals surface area contributed by atoms with Crippen molar-refractivity contribution in [2.75, 3.05) is 13.4 Å². The lowest BCUT2D eigenvalue weighted by Gasteiger charge is -2.32. The van der Waals surface area contributed by atoms with Gasteiger partial charge in [0.1, 0.15) is 5.75 Å². The van der Waals surface area contributed by atoms with Crippen LogP contribution < -0.4 is 10.2 Å². The minimum atomic E-state index is -0.424. The fourth-order valence-corrected chi connectivity index (χ4v) is 2.50. The highest BCUT2D eigenvalue weighted by molar-refractivity contribution is 6.63. The van der Waals surface area contributed by atoms with E-state index in [1.165, 1.54) is 5.56 Å². The molecule has 1 fully saturated rings. The van der Waals surface area contributed by atoms with Crippen LogP contribution in [-0.4, -0.2) is 31.7 Å². The van der Waals surface area contributed by atoms with Crippen molar-refractivity contribution in [1.29, 1.82) is 0 Å². The highest BCUT2D eigenvalue weighted by atomic mass is 16.7. The highest BCUT2D eigenvalue weighted by Gasteiger charge is 2.52. The second kappa shape index (κ2) is 7.24. The van der Waals surface area contributed by atoms with Crippen molar-refractivity contribution in [2.45, 2.75) is 65.6 Å². The van der Waals surface area contributed by atoms with Gasteiger partial charge in [0.15, 0.2) is 6.79 Å². The maximum absolute atomic E-state index is 6.15. The number of hydrogen-bond acceptors (Lipinski definition) is 4. The SMILES string of the molecule is CCCc1ccc(B2OC(C)(C)C(C)(C)O2)c(OCOCC)c1. The van der Waals surface area contributed by atoms with E-state index < -0.39 is 7.12 Å². The average molecular weight is 320 g/mol. The summed E-state index contributed by atoms with van der Waals surface area (Å²) in [4.78, 5) is 0. The Kier molecular flexibility index (Phi) is 5.77. The lowest BCUT2D eigenvalue weighted by molar-refractivity contribution is 0.00578. The van der Waals surface area contributed by atoms with Crippen molar-refractivity contribution < 1.29 is 18.8 Å². The topological polar surface area (TPSA) is 36.9 Å². The number of benzene rings is 1. The normalized spacial score (nSPS) is 19.1. The summed E-state index contributed by atoms with van der Waals surface area (Å²) in [5.74, 6) is 0.780. The summed E-state index contributed by atoms with van der Waals surface area (Å²) in [5.41, 5.74) is 1.44. The standard InChI is InChI=1S/C18H29BO4/c1-7-9-14-10-11-15(16(12-14)21-13-20-8-2)19-22-17(3,4)18(5,6)23-19/h10-12H,7-9,13H2,1-6H3. The van der Waals surface area contributed by atoms with Crippen molar-refractivity contribution in [3.05, 3.63) is 23.8 Å². The summed E-state index contributed by atoms with van der Waals surface area (Å²) in [6, 6.07) is 6.24. The largest absolute Gasteiger partial charge is 0.498 e. The lowest BCUT2D eigenvalue weighted by atomic mass is 9.77. The summed E-state index contributed by atoms with van der Waals surface area (Å²) in [6.45, 7) is 13.2. The molecule has 2 rings (SSSR count). The summed E-state index contributed by atoms with van der Waals surface area (Å²) >= 11 is 0. The Labute approximate surface area is 140 Å². The number of hydrogen-bond donors (Lipinski definition) is 0. The zero-order chi connectivity index (χ0) is 17.1.